The second-order valence-corrected chi connectivity index (χ2v) is 5.63. The van der Waals surface area contributed by atoms with Gasteiger partial charge in [0.05, 0.1) is 19.6 Å². The van der Waals surface area contributed by atoms with E-state index in [-0.39, 0.29) is 30.8 Å². The van der Waals surface area contributed by atoms with Crippen molar-refractivity contribution in [2.45, 2.75) is 39.2 Å². The highest BCUT2D eigenvalue weighted by molar-refractivity contribution is 6.43. The number of rotatable bonds is 9. The first kappa shape index (κ1) is 18.9. The van der Waals surface area contributed by atoms with Crippen molar-refractivity contribution in [1.82, 2.24) is 5.01 Å². The zero-order valence-corrected chi connectivity index (χ0v) is 14.5. The highest BCUT2D eigenvalue weighted by Crippen LogP contribution is 2.27. The van der Waals surface area contributed by atoms with Gasteiger partial charge in [0, 0.05) is 18.2 Å². The van der Waals surface area contributed by atoms with Crippen LogP contribution in [0.1, 0.15) is 38.7 Å². The van der Waals surface area contributed by atoms with Crippen molar-refractivity contribution in [3.05, 3.63) is 35.6 Å². The normalized spacial score (nSPS) is 14.1. The van der Waals surface area contributed by atoms with E-state index in [1.54, 1.807) is 18.9 Å². The molecule has 1 aliphatic carbocycles. The maximum atomic E-state index is 13.2. The molecule has 0 aliphatic heterocycles. The number of hydrogen-bond donors (Lipinski definition) is 0. The first-order valence-electron chi connectivity index (χ1n) is 8.49. The molecule has 7 heteroatoms. The highest BCUT2D eigenvalue weighted by atomic mass is 19.1. The quantitative estimate of drug-likeness (QED) is 0.389. The van der Waals surface area contributed by atoms with Crippen molar-refractivity contribution in [2.24, 2.45) is 5.10 Å². The summed E-state index contributed by atoms with van der Waals surface area (Å²) in [6.07, 6.45) is 2.09. The average molecular weight is 350 g/mol. The number of ether oxygens (including phenoxy) is 2. The molecular weight excluding hydrogens is 327 g/mol. The Labute approximate surface area is 146 Å². The summed E-state index contributed by atoms with van der Waals surface area (Å²) >= 11 is 0. The number of carbonyl (C=O) groups excluding carboxylic acids is 2. The SMILES string of the molecule is CCOC(=O)CCN(/N=C(\C(=O)OCC)c1ccc(F)cc1)C1CC1. The molecule has 136 valence electrons. The smallest absolute Gasteiger partial charge is 0.359 e. The van der Waals surface area contributed by atoms with Crippen LogP contribution >= 0.6 is 0 Å². The summed E-state index contributed by atoms with van der Waals surface area (Å²) < 4.78 is 23.2. The van der Waals surface area contributed by atoms with Gasteiger partial charge >= 0.3 is 11.9 Å². The number of halogens is 1. The maximum absolute atomic E-state index is 13.2. The zero-order chi connectivity index (χ0) is 18.2. The molecule has 0 aromatic heterocycles. The highest BCUT2D eigenvalue weighted by Gasteiger charge is 2.30. The molecule has 2 rings (SSSR count). The number of nitrogens with zero attached hydrogens (tertiary/aromatic N) is 2. The van der Waals surface area contributed by atoms with Crippen LogP contribution in [0.3, 0.4) is 0 Å². The molecule has 0 radical (unpaired) electrons. The summed E-state index contributed by atoms with van der Waals surface area (Å²) in [7, 11) is 0. The van der Waals surface area contributed by atoms with E-state index in [0.717, 1.165) is 12.8 Å². The summed E-state index contributed by atoms with van der Waals surface area (Å²) in [6, 6.07) is 5.71. The predicted molar refractivity (Wildman–Crippen MR) is 90.5 cm³/mol. The van der Waals surface area contributed by atoms with Gasteiger partial charge in [0.15, 0.2) is 5.71 Å². The lowest BCUT2D eigenvalue weighted by Crippen LogP contribution is -2.29. The number of carbonyl (C=O) groups is 2. The van der Waals surface area contributed by atoms with Crippen LogP contribution in [-0.2, 0) is 19.1 Å². The van der Waals surface area contributed by atoms with Gasteiger partial charge in [-0.25, -0.2) is 9.18 Å². The molecule has 0 heterocycles. The Hall–Kier alpha value is -2.44. The minimum atomic E-state index is -0.573. The molecule has 1 aliphatic rings. The van der Waals surface area contributed by atoms with E-state index < -0.39 is 11.8 Å². The summed E-state index contributed by atoms with van der Waals surface area (Å²) in [5.41, 5.74) is 0.583. The van der Waals surface area contributed by atoms with Crippen LogP contribution in [0.25, 0.3) is 0 Å². The van der Waals surface area contributed by atoms with E-state index in [0.29, 0.717) is 18.7 Å². The lowest BCUT2D eigenvalue weighted by Gasteiger charge is -2.20. The zero-order valence-electron chi connectivity index (χ0n) is 14.5. The average Bonchev–Trinajstić information content (AvgIpc) is 3.41. The molecule has 25 heavy (non-hydrogen) atoms. The molecular formula is C18H23FN2O4. The van der Waals surface area contributed by atoms with Gasteiger partial charge in [-0.05, 0) is 51.0 Å². The van der Waals surface area contributed by atoms with Crippen molar-refractivity contribution in [2.75, 3.05) is 19.8 Å². The van der Waals surface area contributed by atoms with E-state index in [1.165, 1.54) is 24.3 Å². The van der Waals surface area contributed by atoms with Gasteiger partial charge in [0.2, 0.25) is 0 Å². The van der Waals surface area contributed by atoms with Crippen LogP contribution in [0.5, 0.6) is 0 Å². The summed E-state index contributed by atoms with van der Waals surface area (Å²) in [6.45, 7) is 4.36. The van der Waals surface area contributed by atoms with Crippen molar-refractivity contribution in [3.63, 3.8) is 0 Å². The van der Waals surface area contributed by atoms with Gasteiger partial charge in [-0.3, -0.25) is 9.80 Å². The topological polar surface area (TPSA) is 68.2 Å². The van der Waals surface area contributed by atoms with Crippen LogP contribution in [0.2, 0.25) is 0 Å². The number of benzene rings is 1. The Kier molecular flexibility index (Phi) is 6.91. The molecule has 1 aromatic rings. The molecule has 0 N–H and O–H groups in total. The van der Waals surface area contributed by atoms with E-state index in [4.69, 9.17) is 9.47 Å². The third kappa shape index (κ3) is 5.85. The van der Waals surface area contributed by atoms with Crippen LogP contribution in [0.4, 0.5) is 4.39 Å². The standard InChI is InChI=1S/C18H23FN2O4/c1-3-24-16(22)11-12-21(15-9-10-15)20-17(18(23)25-4-2)13-5-7-14(19)8-6-13/h5-8,15H,3-4,9-12H2,1-2H3/b20-17-. The third-order valence-electron chi connectivity index (χ3n) is 3.63. The largest absolute Gasteiger partial charge is 0.466 e. The van der Waals surface area contributed by atoms with E-state index >= 15 is 0 Å². The fraction of sp³-hybridized carbons (Fsp3) is 0.500. The first-order chi connectivity index (χ1) is 12.0. The second kappa shape index (κ2) is 9.15. The molecule has 0 amide bonds. The second-order valence-electron chi connectivity index (χ2n) is 5.63. The Morgan fingerprint density at radius 3 is 2.36 bits per heavy atom. The molecule has 0 atom stereocenters. The van der Waals surface area contributed by atoms with Crippen molar-refractivity contribution in [3.8, 4) is 0 Å². The maximum Gasteiger partial charge on any atom is 0.359 e. The molecule has 1 saturated carbocycles. The van der Waals surface area contributed by atoms with Gasteiger partial charge in [0.25, 0.3) is 0 Å². The Bertz CT molecular complexity index is 626. The minimum absolute atomic E-state index is 0.109. The summed E-state index contributed by atoms with van der Waals surface area (Å²) in [5.74, 6) is -1.27. The molecule has 0 saturated heterocycles. The molecule has 1 fully saturated rings. The fourth-order valence-corrected chi connectivity index (χ4v) is 2.28. The molecule has 0 spiro atoms. The summed E-state index contributed by atoms with van der Waals surface area (Å²) in [5, 5.41) is 6.16. The van der Waals surface area contributed by atoms with E-state index in [2.05, 4.69) is 5.10 Å². The van der Waals surface area contributed by atoms with E-state index in [1.807, 2.05) is 0 Å². The fourth-order valence-electron chi connectivity index (χ4n) is 2.28. The van der Waals surface area contributed by atoms with Crippen molar-refractivity contribution < 1.29 is 23.5 Å². The van der Waals surface area contributed by atoms with Gasteiger partial charge in [0.1, 0.15) is 5.82 Å². The number of hydrogen-bond acceptors (Lipinski definition) is 6. The first-order valence-corrected chi connectivity index (χ1v) is 8.49. The van der Waals surface area contributed by atoms with Gasteiger partial charge in [-0.2, -0.15) is 5.10 Å². The lowest BCUT2D eigenvalue weighted by atomic mass is 10.1. The Morgan fingerprint density at radius 1 is 1.16 bits per heavy atom. The molecule has 6 nitrogen and oxygen atoms in total. The van der Waals surface area contributed by atoms with Gasteiger partial charge in [-0.15, -0.1) is 0 Å². The molecule has 0 unspecified atom stereocenters. The molecule has 1 aromatic carbocycles. The van der Waals surface area contributed by atoms with Gasteiger partial charge in [-0.1, -0.05) is 0 Å². The third-order valence-corrected chi connectivity index (χ3v) is 3.63. The van der Waals surface area contributed by atoms with Crippen LogP contribution in [0.15, 0.2) is 29.4 Å². The predicted octanol–water partition coefficient (Wildman–Crippen LogP) is 2.51. The Balaban J connectivity index is 2.21. The summed E-state index contributed by atoms with van der Waals surface area (Å²) in [4.78, 5) is 23.9. The van der Waals surface area contributed by atoms with E-state index in [9.17, 15) is 14.0 Å². The monoisotopic (exact) mass is 350 g/mol. The van der Waals surface area contributed by atoms with Crippen molar-refractivity contribution in [1.29, 1.82) is 0 Å². The minimum Gasteiger partial charge on any atom is -0.466 e. The van der Waals surface area contributed by atoms with Crippen LogP contribution < -0.4 is 0 Å². The molecule has 0 bridgehead atoms. The Morgan fingerprint density at radius 2 is 1.80 bits per heavy atom. The van der Waals surface area contributed by atoms with Gasteiger partial charge < -0.3 is 9.47 Å². The van der Waals surface area contributed by atoms with Crippen LogP contribution in [-0.4, -0.2) is 48.5 Å². The number of esters is 2. The van der Waals surface area contributed by atoms with Crippen molar-refractivity contribution >= 4 is 17.7 Å². The lowest BCUT2D eigenvalue weighted by molar-refractivity contribution is -0.143. The van der Waals surface area contributed by atoms with Crippen LogP contribution in [0, 0.1) is 5.82 Å². The number of hydrazone groups is 1.